The average Bonchev–Trinajstić information content (AvgIpc) is 3.11. The summed E-state index contributed by atoms with van der Waals surface area (Å²) < 4.78 is 15.4. The van der Waals surface area contributed by atoms with Crippen LogP contribution in [-0.4, -0.2) is 15.6 Å². The van der Waals surface area contributed by atoms with Crippen LogP contribution in [0.25, 0.3) is 0 Å². The summed E-state index contributed by atoms with van der Waals surface area (Å²) in [5.41, 5.74) is 0.305. The van der Waals surface area contributed by atoms with Crippen molar-refractivity contribution in [2.24, 2.45) is 5.92 Å². The summed E-state index contributed by atoms with van der Waals surface area (Å²) in [5, 5.41) is 4.16. The Morgan fingerprint density at radius 1 is 1.19 bits per heavy atom. The number of rotatable bonds is 6. The van der Waals surface area contributed by atoms with Gasteiger partial charge in [0.15, 0.2) is 0 Å². The molecule has 0 aliphatic heterocycles. The van der Waals surface area contributed by atoms with E-state index in [1.165, 1.54) is 43.5 Å². The van der Waals surface area contributed by atoms with Gasteiger partial charge in [0, 0.05) is 12.0 Å². The Labute approximate surface area is 159 Å². The monoisotopic (exact) mass is 370 g/mol. The fourth-order valence-electron chi connectivity index (χ4n) is 4.01. The molecule has 0 amide bonds. The Balaban J connectivity index is 1.82. The first-order valence-corrected chi connectivity index (χ1v) is 9.62. The van der Waals surface area contributed by atoms with Gasteiger partial charge >= 0.3 is 0 Å². The van der Waals surface area contributed by atoms with Gasteiger partial charge in [0.25, 0.3) is 5.56 Å². The number of hydrogen-bond donors (Lipinski definition) is 0. The minimum Gasteiger partial charge on any atom is -0.299 e. The smallest absolute Gasteiger partial charge is 0.267 e. The van der Waals surface area contributed by atoms with Gasteiger partial charge < -0.3 is 0 Å². The van der Waals surface area contributed by atoms with Crippen molar-refractivity contribution in [2.45, 2.75) is 64.6 Å². The molecule has 27 heavy (non-hydrogen) atoms. The van der Waals surface area contributed by atoms with Crippen molar-refractivity contribution in [1.82, 2.24) is 9.78 Å². The third kappa shape index (κ3) is 4.52. The summed E-state index contributed by atoms with van der Waals surface area (Å²) in [6, 6.07) is 10.6. The van der Waals surface area contributed by atoms with Crippen molar-refractivity contribution in [3.8, 4) is 0 Å². The topological polar surface area (TPSA) is 52.0 Å². The molecule has 1 aromatic carbocycles. The standard InChI is InChI=1S/C22H27FN2O2/c1-15(26)21(17-6-4-5-7-17)18-10-8-16(9-11-18)14-25-20(27)13-12-19(24-25)22(2,3)23/h8-13,17,21H,4-7,14H2,1-3H3. The molecule has 2 aromatic rings. The molecule has 1 aliphatic carbocycles. The number of carbonyl (C=O) groups is 1. The molecule has 0 saturated heterocycles. The molecule has 0 N–H and O–H groups in total. The number of halogens is 1. The molecule has 3 rings (SSSR count). The Hall–Kier alpha value is -2.30. The van der Waals surface area contributed by atoms with Gasteiger partial charge in [-0.3, -0.25) is 9.59 Å². The number of nitrogens with zero attached hydrogens (tertiary/aromatic N) is 2. The highest BCUT2D eigenvalue weighted by Crippen LogP contribution is 2.38. The average molecular weight is 370 g/mol. The van der Waals surface area contributed by atoms with Gasteiger partial charge in [-0.1, -0.05) is 37.1 Å². The molecule has 1 unspecified atom stereocenters. The lowest BCUT2D eigenvalue weighted by Gasteiger charge is -2.21. The van der Waals surface area contributed by atoms with E-state index in [1.807, 2.05) is 24.3 Å². The summed E-state index contributed by atoms with van der Waals surface area (Å²) in [6.07, 6.45) is 4.61. The van der Waals surface area contributed by atoms with Crippen LogP contribution >= 0.6 is 0 Å². The van der Waals surface area contributed by atoms with Crippen LogP contribution in [0, 0.1) is 5.92 Å². The third-order valence-electron chi connectivity index (χ3n) is 5.46. The van der Waals surface area contributed by atoms with E-state index < -0.39 is 5.67 Å². The van der Waals surface area contributed by atoms with Gasteiger partial charge in [0.1, 0.15) is 11.5 Å². The van der Waals surface area contributed by atoms with E-state index in [0.717, 1.165) is 24.0 Å². The lowest BCUT2D eigenvalue weighted by Crippen LogP contribution is -2.26. The summed E-state index contributed by atoms with van der Waals surface area (Å²) in [6.45, 7) is 4.79. The Morgan fingerprint density at radius 3 is 2.37 bits per heavy atom. The fourth-order valence-corrected chi connectivity index (χ4v) is 4.01. The molecule has 1 fully saturated rings. The highest BCUT2D eigenvalue weighted by Gasteiger charge is 2.29. The van der Waals surface area contributed by atoms with Crippen LogP contribution in [0.1, 0.15) is 69.2 Å². The van der Waals surface area contributed by atoms with Crippen LogP contribution in [0.3, 0.4) is 0 Å². The SMILES string of the molecule is CC(=O)C(c1ccc(Cn2nc(C(C)(C)F)ccc2=O)cc1)C1CCCC1. The second-order valence-corrected chi connectivity index (χ2v) is 8.06. The zero-order valence-electron chi connectivity index (χ0n) is 16.2. The van der Waals surface area contributed by atoms with E-state index in [9.17, 15) is 14.0 Å². The van der Waals surface area contributed by atoms with Gasteiger partial charge in [-0.2, -0.15) is 5.10 Å². The molecule has 1 aliphatic rings. The predicted octanol–water partition coefficient (Wildman–Crippen LogP) is 4.36. The lowest BCUT2D eigenvalue weighted by atomic mass is 9.82. The van der Waals surface area contributed by atoms with E-state index >= 15 is 0 Å². The molecule has 0 bridgehead atoms. The van der Waals surface area contributed by atoms with Gasteiger partial charge in [-0.25, -0.2) is 9.07 Å². The Bertz CT molecular complexity index is 859. The number of aromatic nitrogens is 2. The molecule has 1 saturated carbocycles. The Kier molecular flexibility index (Phi) is 5.59. The van der Waals surface area contributed by atoms with E-state index in [0.29, 0.717) is 5.92 Å². The molecule has 144 valence electrons. The lowest BCUT2D eigenvalue weighted by molar-refractivity contribution is -0.119. The Morgan fingerprint density at radius 2 is 1.81 bits per heavy atom. The number of alkyl halides is 1. The van der Waals surface area contributed by atoms with Crippen LogP contribution in [-0.2, 0) is 17.0 Å². The van der Waals surface area contributed by atoms with Crippen LogP contribution in [0.15, 0.2) is 41.2 Å². The first kappa shape index (κ1) is 19.5. The minimum atomic E-state index is -1.60. The maximum atomic E-state index is 14.1. The summed E-state index contributed by atoms with van der Waals surface area (Å²) >= 11 is 0. The minimum absolute atomic E-state index is 0.0435. The van der Waals surface area contributed by atoms with E-state index in [-0.39, 0.29) is 29.5 Å². The molecule has 1 atom stereocenters. The summed E-state index contributed by atoms with van der Waals surface area (Å²) in [4.78, 5) is 24.3. The van der Waals surface area contributed by atoms with Crippen molar-refractivity contribution in [1.29, 1.82) is 0 Å². The molecule has 1 aromatic heterocycles. The highest BCUT2D eigenvalue weighted by atomic mass is 19.1. The van der Waals surface area contributed by atoms with E-state index in [2.05, 4.69) is 5.10 Å². The zero-order chi connectivity index (χ0) is 19.6. The normalized spacial score (nSPS) is 16.4. The van der Waals surface area contributed by atoms with Crippen molar-refractivity contribution >= 4 is 5.78 Å². The van der Waals surface area contributed by atoms with Crippen LogP contribution in [0.5, 0.6) is 0 Å². The second kappa shape index (κ2) is 7.75. The number of Topliss-reactive ketones (excluding diaryl/α,β-unsaturated/α-hetero) is 1. The maximum Gasteiger partial charge on any atom is 0.267 e. The van der Waals surface area contributed by atoms with Crippen molar-refractivity contribution in [2.75, 3.05) is 0 Å². The first-order valence-electron chi connectivity index (χ1n) is 9.62. The summed E-state index contributed by atoms with van der Waals surface area (Å²) in [5.74, 6) is 0.601. The van der Waals surface area contributed by atoms with Gasteiger partial charge in [0.2, 0.25) is 0 Å². The van der Waals surface area contributed by atoms with Gasteiger partial charge in [0.05, 0.1) is 12.2 Å². The maximum absolute atomic E-state index is 14.1. The molecule has 0 radical (unpaired) electrons. The highest BCUT2D eigenvalue weighted by molar-refractivity contribution is 5.83. The van der Waals surface area contributed by atoms with E-state index in [1.54, 1.807) is 6.92 Å². The van der Waals surface area contributed by atoms with Crippen molar-refractivity contribution in [3.05, 3.63) is 63.6 Å². The second-order valence-electron chi connectivity index (χ2n) is 8.06. The molecular weight excluding hydrogens is 343 g/mol. The molecular formula is C22H27FN2O2. The number of carbonyl (C=O) groups excluding carboxylic acids is 1. The number of ketones is 1. The molecule has 0 spiro atoms. The first-order chi connectivity index (χ1) is 12.8. The molecule has 5 heteroatoms. The number of hydrogen-bond acceptors (Lipinski definition) is 3. The molecule has 4 nitrogen and oxygen atoms in total. The summed E-state index contributed by atoms with van der Waals surface area (Å²) in [7, 11) is 0. The van der Waals surface area contributed by atoms with E-state index in [4.69, 9.17) is 0 Å². The largest absolute Gasteiger partial charge is 0.299 e. The van der Waals surface area contributed by atoms with Crippen LogP contribution < -0.4 is 5.56 Å². The third-order valence-corrected chi connectivity index (χ3v) is 5.46. The van der Waals surface area contributed by atoms with Crippen LogP contribution in [0.2, 0.25) is 0 Å². The van der Waals surface area contributed by atoms with Crippen LogP contribution in [0.4, 0.5) is 4.39 Å². The molecule has 1 heterocycles. The van der Waals surface area contributed by atoms with Crippen molar-refractivity contribution < 1.29 is 9.18 Å². The van der Waals surface area contributed by atoms with Crippen molar-refractivity contribution in [3.63, 3.8) is 0 Å². The number of benzene rings is 1. The zero-order valence-corrected chi connectivity index (χ0v) is 16.2. The quantitative estimate of drug-likeness (QED) is 0.759. The fraction of sp³-hybridized carbons (Fsp3) is 0.500. The van der Waals surface area contributed by atoms with Gasteiger partial charge in [-0.05, 0) is 56.7 Å². The predicted molar refractivity (Wildman–Crippen MR) is 104 cm³/mol. The van der Waals surface area contributed by atoms with Gasteiger partial charge in [-0.15, -0.1) is 0 Å².